The first-order chi connectivity index (χ1) is 8.69. The van der Waals surface area contributed by atoms with Gasteiger partial charge in [-0.05, 0) is 44.2 Å². The lowest BCUT2D eigenvalue weighted by Crippen LogP contribution is -2.47. The number of ether oxygens (including phenoxy) is 1. The van der Waals surface area contributed by atoms with E-state index < -0.39 is 0 Å². The molecular formula is C15H17ClO2. The predicted molar refractivity (Wildman–Crippen MR) is 71.0 cm³/mol. The van der Waals surface area contributed by atoms with E-state index in [2.05, 4.69) is 0 Å². The Morgan fingerprint density at radius 3 is 2.89 bits per heavy atom. The van der Waals surface area contributed by atoms with Crippen molar-refractivity contribution < 1.29 is 9.53 Å². The predicted octanol–water partition coefficient (Wildman–Crippen LogP) is 3.87. The summed E-state index contributed by atoms with van der Waals surface area (Å²) in [5.41, 5.74) is 0.765. The highest BCUT2D eigenvalue weighted by atomic mass is 35.5. The first kappa shape index (κ1) is 12.2. The minimum atomic E-state index is 0.0250. The van der Waals surface area contributed by atoms with E-state index in [1.165, 1.54) is 6.42 Å². The second kappa shape index (κ2) is 4.67. The van der Waals surface area contributed by atoms with Gasteiger partial charge in [0, 0.05) is 23.1 Å². The van der Waals surface area contributed by atoms with Gasteiger partial charge in [0.25, 0.3) is 0 Å². The zero-order chi connectivity index (χ0) is 12.6. The highest BCUT2D eigenvalue weighted by Gasteiger charge is 2.44. The van der Waals surface area contributed by atoms with Crippen LogP contribution in [-0.2, 0) is 4.74 Å². The van der Waals surface area contributed by atoms with Crippen LogP contribution in [0.5, 0.6) is 0 Å². The van der Waals surface area contributed by atoms with Gasteiger partial charge in [0.1, 0.15) is 0 Å². The van der Waals surface area contributed by atoms with E-state index >= 15 is 0 Å². The molecule has 2 aliphatic rings. The number of carbonyl (C=O) groups is 1. The number of hydrogen-bond acceptors (Lipinski definition) is 2. The van der Waals surface area contributed by atoms with Crippen LogP contribution < -0.4 is 0 Å². The summed E-state index contributed by atoms with van der Waals surface area (Å²) in [5, 5.41) is 0.631. The molecule has 1 spiro atoms. The van der Waals surface area contributed by atoms with Gasteiger partial charge in [0.15, 0.2) is 5.78 Å². The molecule has 1 heterocycles. The van der Waals surface area contributed by atoms with Crippen molar-refractivity contribution in [3.63, 3.8) is 0 Å². The van der Waals surface area contributed by atoms with Crippen LogP contribution in [0, 0.1) is 5.92 Å². The van der Waals surface area contributed by atoms with E-state index in [0.717, 1.165) is 37.9 Å². The van der Waals surface area contributed by atoms with Crippen molar-refractivity contribution in [3.05, 3.63) is 34.9 Å². The Morgan fingerprint density at radius 1 is 1.39 bits per heavy atom. The summed E-state index contributed by atoms with van der Waals surface area (Å²) >= 11 is 5.95. The molecule has 0 amide bonds. The third-order valence-corrected chi connectivity index (χ3v) is 4.47. The molecule has 0 N–H and O–H groups in total. The third kappa shape index (κ3) is 2.19. The molecule has 2 nitrogen and oxygen atoms in total. The van der Waals surface area contributed by atoms with Crippen LogP contribution in [0.1, 0.15) is 42.5 Å². The molecule has 96 valence electrons. The molecule has 1 unspecified atom stereocenters. The maximum absolute atomic E-state index is 12.5. The quantitative estimate of drug-likeness (QED) is 0.758. The van der Waals surface area contributed by atoms with Gasteiger partial charge in [-0.3, -0.25) is 4.79 Å². The van der Waals surface area contributed by atoms with Crippen molar-refractivity contribution in [1.82, 2.24) is 0 Å². The van der Waals surface area contributed by atoms with Crippen LogP contribution in [-0.4, -0.2) is 18.0 Å². The smallest absolute Gasteiger partial charge is 0.166 e. The summed E-state index contributed by atoms with van der Waals surface area (Å²) in [5.74, 6) is 0.338. The van der Waals surface area contributed by atoms with Crippen LogP contribution in [0.15, 0.2) is 24.3 Å². The van der Waals surface area contributed by atoms with E-state index in [4.69, 9.17) is 16.3 Å². The van der Waals surface area contributed by atoms with Gasteiger partial charge in [-0.1, -0.05) is 23.7 Å². The molecule has 1 atom stereocenters. The summed E-state index contributed by atoms with van der Waals surface area (Å²) in [4.78, 5) is 12.5. The van der Waals surface area contributed by atoms with E-state index in [1.54, 1.807) is 12.1 Å². The van der Waals surface area contributed by atoms with Crippen molar-refractivity contribution in [3.8, 4) is 0 Å². The van der Waals surface area contributed by atoms with Crippen molar-refractivity contribution in [2.45, 2.75) is 37.7 Å². The molecule has 0 radical (unpaired) electrons. The van der Waals surface area contributed by atoms with Crippen LogP contribution in [0.3, 0.4) is 0 Å². The Kier molecular flexibility index (Phi) is 3.16. The van der Waals surface area contributed by atoms with Gasteiger partial charge in [0.2, 0.25) is 0 Å². The maximum atomic E-state index is 12.5. The number of rotatable bonds is 2. The molecule has 1 aromatic rings. The van der Waals surface area contributed by atoms with Crippen LogP contribution in [0.25, 0.3) is 0 Å². The summed E-state index contributed by atoms with van der Waals surface area (Å²) in [6.07, 6.45) is 5.20. The van der Waals surface area contributed by atoms with Crippen molar-refractivity contribution >= 4 is 17.4 Å². The Bertz CT molecular complexity index is 465. The van der Waals surface area contributed by atoms with E-state index in [-0.39, 0.29) is 17.3 Å². The largest absolute Gasteiger partial charge is 0.375 e. The van der Waals surface area contributed by atoms with Gasteiger partial charge in [0.05, 0.1) is 5.60 Å². The standard InChI is InChI=1S/C15H17ClO2/c16-13-4-1-3-11(9-13)14(17)12-5-8-18-15(10-12)6-2-7-15/h1,3-4,9,12H,2,5-8,10H2. The number of ketones is 1. The van der Waals surface area contributed by atoms with Crippen molar-refractivity contribution in [1.29, 1.82) is 0 Å². The minimum absolute atomic E-state index is 0.0250. The second-order valence-electron chi connectivity index (χ2n) is 5.45. The maximum Gasteiger partial charge on any atom is 0.166 e. The first-order valence-corrected chi connectivity index (χ1v) is 7.00. The molecule has 1 saturated heterocycles. The topological polar surface area (TPSA) is 26.3 Å². The lowest BCUT2D eigenvalue weighted by atomic mass is 9.70. The average molecular weight is 265 g/mol. The molecule has 2 fully saturated rings. The van der Waals surface area contributed by atoms with Crippen molar-refractivity contribution in [2.24, 2.45) is 5.92 Å². The zero-order valence-corrected chi connectivity index (χ0v) is 11.1. The van der Waals surface area contributed by atoms with Gasteiger partial charge in [-0.25, -0.2) is 0 Å². The molecule has 0 aromatic heterocycles. The summed E-state index contributed by atoms with van der Waals surface area (Å²) in [6, 6.07) is 7.27. The normalized spacial score (nSPS) is 25.7. The molecule has 3 rings (SSSR count). The van der Waals surface area contributed by atoms with Gasteiger partial charge in [-0.15, -0.1) is 0 Å². The highest BCUT2D eigenvalue weighted by molar-refractivity contribution is 6.31. The lowest BCUT2D eigenvalue weighted by molar-refractivity contribution is -0.137. The van der Waals surface area contributed by atoms with Crippen LogP contribution in [0.4, 0.5) is 0 Å². The molecule has 3 heteroatoms. The lowest BCUT2D eigenvalue weighted by Gasteiger charge is -2.46. The fourth-order valence-corrected chi connectivity index (χ4v) is 3.24. The first-order valence-electron chi connectivity index (χ1n) is 6.62. The number of benzene rings is 1. The van der Waals surface area contributed by atoms with Gasteiger partial charge in [-0.2, -0.15) is 0 Å². The number of halogens is 1. The molecular weight excluding hydrogens is 248 g/mol. The highest BCUT2D eigenvalue weighted by Crippen LogP contribution is 2.44. The second-order valence-corrected chi connectivity index (χ2v) is 5.89. The summed E-state index contributed by atoms with van der Waals surface area (Å²) in [6.45, 7) is 0.719. The molecule has 1 aliphatic carbocycles. The Morgan fingerprint density at radius 2 is 2.22 bits per heavy atom. The average Bonchev–Trinajstić information content (AvgIpc) is 2.36. The Labute approximate surface area is 112 Å². The van der Waals surface area contributed by atoms with Gasteiger partial charge < -0.3 is 4.74 Å². The molecule has 0 bridgehead atoms. The molecule has 1 aromatic carbocycles. The van der Waals surface area contributed by atoms with Crippen LogP contribution in [0.2, 0.25) is 5.02 Å². The fraction of sp³-hybridized carbons (Fsp3) is 0.533. The SMILES string of the molecule is O=C(c1cccc(Cl)c1)C1CCOC2(CCC2)C1. The van der Waals surface area contributed by atoms with Crippen LogP contribution >= 0.6 is 11.6 Å². The molecule has 1 aliphatic heterocycles. The van der Waals surface area contributed by atoms with E-state index in [1.807, 2.05) is 12.1 Å². The third-order valence-electron chi connectivity index (χ3n) is 4.24. The number of carbonyl (C=O) groups excluding carboxylic acids is 1. The monoisotopic (exact) mass is 264 g/mol. The molecule has 1 saturated carbocycles. The minimum Gasteiger partial charge on any atom is -0.375 e. The Hall–Kier alpha value is -0.860. The Balaban J connectivity index is 1.76. The molecule has 18 heavy (non-hydrogen) atoms. The van der Waals surface area contributed by atoms with E-state index in [0.29, 0.717) is 5.02 Å². The fourth-order valence-electron chi connectivity index (χ4n) is 3.05. The summed E-state index contributed by atoms with van der Waals surface area (Å²) < 4.78 is 5.86. The number of Topliss-reactive ketones (excluding diaryl/α,β-unsaturated/α-hetero) is 1. The van der Waals surface area contributed by atoms with Gasteiger partial charge >= 0.3 is 0 Å². The number of hydrogen-bond donors (Lipinski definition) is 0. The summed E-state index contributed by atoms with van der Waals surface area (Å²) in [7, 11) is 0. The zero-order valence-electron chi connectivity index (χ0n) is 10.3. The van der Waals surface area contributed by atoms with Crippen molar-refractivity contribution in [2.75, 3.05) is 6.61 Å². The van der Waals surface area contributed by atoms with E-state index in [9.17, 15) is 4.79 Å².